The molecule has 0 amide bonds. The van der Waals surface area contributed by atoms with E-state index in [1.807, 2.05) is 7.05 Å². The molecule has 0 aromatic heterocycles. The maximum atomic E-state index is 4.41. The van der Waals surface area contributed by atoms with Gasteiger partial charge >= 0.3 is 0 Å². The Morgan fingerprint density at radius 1 is 1.00 bits per heavy atom. The van der Waals surface area contributed by atoms with Crippen LogP contribution in [0.15, 0.2) is 4.99 Å². The monoisotopic (exact) mass is 480 g/mol. The Labute approximate surface area is 178 Å². The van der Waals surface area contributed by atoms with Gasteiger partial charge in [-0.25, -0.2) is 0 Å². The molecule has 0 saturated carbocycles. The Bertz CT molecular complexity index is 384. The van der Waals surface area contributed by atoms with E-state index in [9.17, 15) is 0 Å². The molecule has 0 unspecified atom stereocenters. The maximum absolute atomic E-state index is 4.41. The second kappa shape index (κ2) is 14.0. The van der Waals surface area contributed by atoms with E-state index in [-0.39, 0.29) is 24.0 Å². The molecule has 2 rings (SSSR count). The summed E-state index contributed by atoms with van der Waals surface area (Å²) in [6.07, 6.45) is 6.18. The van der Waals surface area contributed by atoms with Crippen molar-refractivity contribution in [3.8, 4) is 0 Å². The summed E-state index contributed by atoms with van der Waals surface area (Å²) in [4.78, 5) is 12.0. The van der Waals surface area contributed by atoms with Crippen LogP contribution in [-0.2, 0) is 0 Å². The molecule has 6 nitrogen and oxygen atoms in total. The topological polar surface area (TPSA) is 46.1 Å². The van der Waals surface area contributed by atoms with Crippen molar-refractivity contribution < 1.29 is 0 Å². The number of aliphatic imine (C=N–C) groups is 1. The summed E-state index contributed by atoms with van der Waals surface area (Å²) in [5.41, 5.74) is 0. The van der Waals surface area contributed by atoms with Gasteiger partial charge in [0.15, 0.2) is 5.96 Å². The molecule has 0 atom stereocenters. The first-order valence-corrected chi connectivity index (χ1v) is 10.3. The highest BCUT2D eigenvalue weighted by Crippen LogP contribution is 2.10. The molecule has 2 saturated heterocycles. The number of hydrogen-bond donors (Lipinski definition) is 2. The Kier molecular flexibility index (Phi) is 12.8. The fraction of sp³-hybridized carbons (Fsp3) is 0.947. The van der Waals surface area contributed by atoms with Crippen LogP contribution < -0.4 is 10.6 Å². The highest BCUT2D eigenvalue weighted by Gasteiger charge is 2.19. The van der Waals surface area contributed by atoms with Crippen LogP contribution >= 0.6 is 24.0 Å². The van der Waals surface area contributed by atoms with Crippen molar-refractivity contribution in [3.05, 3.63) is 0 Å². The van der Waals surface area contributed by atoms with Crippen LogP contribution in [0.3, 0.4) is 0 Å². The van der Waals surface area contributed by atoms with Crippen LogP contribution in [0.5, 0.6) is 0 Å². The lowest BCUT2D eigenvalue weighted by atomic mass is 10.1. The Morgan fingerprint density at radius 2 is 1.73 bits per heavy atom. The standard InChI is InChI=1S/C19H40N6.HI/c1-4-10-24-14-7-18(8-15-24)22-19(20-2)21-9-5-12-25-13-6-11-23(3)16-17-25;/h18H,4-17H2,1-3H3,(H2,20,21,22);1H. The SMILES string of the molecule is CCCN1CCC(NC(=NC)NCCCN2CCCN(C)CC2)CC1.I. The number of nitrogens with zero attached hydrogens (tertiary/aromatic N) is 4. The van der Waals surface area contributed by atoms with Crippen LogP contribution in [-0.4, -0.2) is 99.7 Å². The van der Waals surface area contributed by atoms with Crippen LogP contribution in [0.25, 0.3) is 0 Å². The minimum absolute atomic E-state index is 0. The van der Waals surface area contributed by atoms with Crippen molar-refractivity contribution in [2.75, 3.05) is 73.0 Å². The number of halogens is 1. The quantitative estimate of drug-likeness (QED) is 0.251. The van der Waals surface area contributed by atoms with Crippen molar-refractivity contribution in [2.24, 2.45) is 4.99 Å². The van der Waals surface area contributed by atoms with Crippen LogP contribution in [0, 0.1) is 0 Å². The number of piperidine rings is 1. The zero-order valence-corrected chi connectivity index (χ0v) is 19.5. The zero-order chi connectivity index (χ0) is 17.9. The van der Waals surface area contributed by atoms with Gasteiger partial charge in [-0.1, -0.05) is 6.92 Å². The molecule has 0 aromatic carbocycles. The summed E-state index contributed by atoms with van der Waals surface area (Å²) < 4.78 is 0. The second-order valence-electron chi connectivity index (χ2n) is 7.61. The maximum Gasteiger partial charge on any atom is 0.191 e. The third-order valence-electron chi connectivity index (χ3n) is 5.45. The molecule has 0 spiro atoms. The third-order valence-corrected chi connectivity index (χ3v) is 5.45. The highest BCUT2D eigenvalue weighted by atomic mass is 127. The van der Waals surface area contributed by atoms with E-state index in [2.05, 4.69) is 44.3 Å². The molecule has 2 N–H and O–H groups in total. The van der Waals surface area contributed by atoms with E-state index in [0.29, 0.717) is 6.04 Å². The van der Waals surface area contributed by atoms with Gasteiger partial charge in [-0.05, 0) is 65.3 Å². The minimum atomic E-state index is 0. The summed E-state index contributed by atoms with van der Waals surface area (Å²) in [5, 5.41) is 7.12. The van der Waals surface area contributed by atoms with Gasteiger partial charge in [0.2, 0.25) is 0 Å². The lowest BCUT2D eigenvalue weighted by molar-refractivity contribution is 0.206. The molecule has 154 valence electrons. The second-order valence-corrected chi connectivity index (χ2v) is 7.61. The fourth-order valence-corrected chi connectivity index (χ4v) is 3.84. The van der Waals surface area contributed by atoms with Gasteiger partial charge in [0.1, 0.15) is 0 Å². The van der Waals surface area contributed by atoms with Crippen molar-refractivity contribution in [3.63, 3.8) is 0 Å². The predicted molar refractivity (Wildman–Crippen MR) is 123 cm³/mol. The summed E-state index contributed by atoms with van der Waals surface area (Å²) in [5.74, 6) is 0.976. The largest absolute Gasteiger partial charge is 0.356 e. The third kappa shape index (κ3) is 9.19. The van der Waals surface area contributed by atoms with Gasteiger partial charge in [0.25, 0.3) is 0 Å². The molecule has 0 aliphatic carbocycles. The molecular weight excluding hydrogens is 439 g/mol. The molecule has 2 aliphatic heterocycles. The molecule has 2 aliphatic rings. The van der Waals surface area contributed by atoms with Gasteiger partial charge < -0.3 is 25.3 Å². The number of likely N-dealkylation sites (tertiary alicyclic amines) is 1. The lowest BCUT2D eigenvalue weighted by Gasteiger charge is -2.32. The normalized spacial score (nSPS) is 21.9. The van der Waals surface area contributed by atoms with Gasteiger partial charge in [0, 0.05) is 45.8 Å². The Hall–Kier alpha value is -0.120. The van der Waals surface area contributed by atoms with E-state index in [1.165, 1.54) is 84.5 Å². The number of hydrogen-bond acceptors (Lipinski definition) is 4. The minimum Gasteiger partial charge on any atom is -0.356 e. The van der Waals surface area contributed by atoms with E-state index in [0.717, 1.165) is 12.5 Å². The molecule has 0 aromatic rings. The summed E-state index contributed by atoms with van der Waals surface area (Å²) >= 11 is 0. The van der Waals surface area contributed by atoms with Crippen LogP contribution in [0.2, 0.25) is 0 Å². The number of nitrogens with one attached hydrogen (secondary N) is 2. The molecule has 0 bridgehead atoms. The fourth-order valence-electron chi connectivity index (χ4n) is 3.84. The molecular formula is C19H41IN6. The average molecular weight is 480 g/mol. The van der Waals surface area contributed by atoms with Gasteiger partial charge in [-0.15, -0.1) is 24.0 Å². The Morgan fingerprint density at radius 3 is 2.42 bits per heavy atom. The summed E-state index contributed by atoms with van der Waals surface area (Å²) in [7, 11) is 4.11. The first kappa shape index (κ1) is 23.9. The van der Waals surface area contributed by atoms with E-state index in [4.69, 9.17) is 0 Å². The van der Waals surface area contributed by atoms with Crippen LogP contribution in [0.1, 0.15) is 39.0 Å². The highest BCUT2D eigenvalue weighted by molar-refractivity contribution is 14.0. The van der Waals surface area contributed by atoms with Crippen molar-refractivity contribution in [1.82, 2.24) is 25.3 Å². The average Bonchev–Trinajstić information content (AvgIpc) is 2.83. The van der Waals surface area contributed by atoms with Crippen LogP contribution in [0.4, 0.5) is 0 Å². The van der Waals surface area contributed by atoms with Gasteiger partial charge in [0.05, 0.1) is 0 Å². The summed E-state index contributed by atoms with van der Waals surface area (Å²) in [6, 6.07) is 0.570. The zero-order valence-electron chi connectivity index (χ0n) is 17.2. The molecule has 0 radical (unpaired) electrons. The molecule has 2 heterocycles. The van der Waals surface area contributed by atoms with Gasteiger partial charge in [-0.3, -0.25) is 4.99 Å². The first-order valence-electron chi connectivity index (χ1n) is 10.3. The number of likely N-dealkylation sites (N-methyl/N-ethyl adjacent to an activating group) is 1. The van der Waals surface area contributed by atoms with Gasteiger partial charge in [-0.2, -0.15) is 0 Å². The molecule has 7 heteroatoms. The predicted octanol–water partition coefficient (Wildman–Crippen LogP) is 1.67. The Balaban J connectivity index is 0.00000338. The van der Waals surface area contributed by atoms with E-state index in [1.54, 1.807) is 0 Å². The lowest BCUT2D eigenvalue weighted by Crippen LogP contribution is -2.49. The van der Waals surface area contributed by atoms with Crippen molar-refractivity contribution in [1.29, 1.82) is 0 Å². The molecule has 26 heavy (non-hydrogen) atoms. The smallest absolute Gasteiger partial charge is 0.191 e. The van der Waals surface area contributed by atoms with Crippen molar-refractivity contribution in [2.45, 2.75) is 45.1 Å². The number of guanidine groups is 1. The summed E-state index contributed by atoms with van der Waals surface area (Å²) in [6.45, 7) is 13.0. The molecule has 2 fully saturated rings. The first-order chi connectivity index (χ1) is 12.2. The van der Waals surface area contributed by atoms with Crippen molar-refractivity contribution >= 4 is 29.9 Å². The number of rotatable bonds is 7. The van der Waals surface area contributed by atoms with E-state index < -0.39 is 0 Å². The van der Waals surface area contributed by atoms with E-state index >= 15 is 0 Å².